The Hall–Kier alpha value is -3.66. The SMILES string of the molecule is COC(=O)c1ccc2nc(CN3CCC(c4cccc5c4OCC(c4ccc(Cl)cc4F)O5)CC3)n(C[C@@H]3CCO3)c2c1. The number of aromatic nitrogens is 2. The van der Waals surface area contributed by atoms with Crippen LogP contribution in [0.3, 0.4) is 0 Å². The van der Waals surface area contributed by atoms with Crippen molar-refractivity contribution < 1.29 is 28.1 Å². The Bertz CT molecular complexity index is 1660. The Labute approximate surface area is 254 Å². The average molecular weight is 606 g/mol. The van der Waals surface area contributed by atoms with Crippen molar-refractivity contribution in [3.63, 3.8) is 0 Å². The number of imidazole rings is 1. The molecule has 3 aliphatic heterocycles. The molecule has 1 aromatic heterocycles. The molecule has 0 N–H and O–H groups in total. The minimum Gasteiger partial charge on any atom is -0.485 e. The third kappa shape index (κ3) is 5.57. The van der Waals surface area contributed by atoms with E-state index in [0.717, 1.165) is 67.1 Å². The van der Waals surface area contributed by atoms with Gasteiger partial charge in [-0.25, -0.2) is 14.2 Å². The van der Waals surface area contributed by atoms with Gasteiger partial charge in [0, 0.05) is 22.8 Å². The smallest absolute Gasteiger partial charge is 0.337 e. The maximum absolute atomic E-state index is 14.6. The second-order valence-corrected chi connectivity index (χ2v) is 11.9. The molecule has 4 heterocycles. The summed E-state index contributed by atoms with van der Waals surface area (Å²) >= 11 is 5.93. The van der Waals surface area contributed by atoms with Crippen LogP contribution in [0.15, 0.2) is 54.6 Å². The summed E-state index contributed by atoms with van der Waals surface area (Å²) in [5.74, 6) is 1.94. The predicted octanol–water partition coefficient (Wildman–Crippen LogP) is 6.30. The number of nitrogens with zero attached hydrogens (tertiary/aromatic N) is 3. The first-order chi connectivity index (χ1) is 21.0. The Morgan fingerprint density at radius 3 is 2.67 bits per heavy atom. The number of likely N-dealkylation sites (tertiary alicyclic amines) is 1. The maximum Gasteiger partial charge on any atom is 0.337 e. The Kier molecular flexibility index (Phi) is 7.71. The number of hydrogen-bond acceptors (Lipinski definition) is 7. The van der Waals surface area contributed by atoms with Crippen LogP contribution in [-0.2, 0) is 22.6 Å². The van der Waals surface area contributed by atoms with Gasteiger partial charge >= 0.3 is 5.97 Å². The quantitative estimate of drug-likeness (QED) is 0.229. The number of esters is 1. The molecule has 3 aromatic carbocycles. The predicted molar refractivity (Wildman–Crippen MR) is 159 cm³/mol. The van der Waals surface area contributed by atoms with E-state index in [9.17, 15) is 9.18 Å². The number of hydrogen-bond donors (Lipinski definition) is 0. The molecule has 0 saturated carbocycles. The van der Waals surface area contributed by atoms with Gasteiger partial charge in [0.25, 0.3) is 0 Å². The number of halogens is 2. The zero-order valence-electron chi connectivity index (χ0n) is 23.9. The number of ether oxygens (including phenoxy) is 4. The number of benzene rings is 3. The Morgan fingerprint density at radius 1 is 1.09 bits per heavy atom. The molecule has 3 aliphatic rings. The van der Waals surface area contributed by atoms with Gasteiger partial charge in [-0.05, 0) is 74.7 Å². The topological polar surface area (TPSA) is 75.0 Å². The molecule has 224 valence electrons. The molecule has 0 aliphatic carbocycles. The normalized spacial score (nSPS) is 20.6. The second-order valence-electron chi connectivity index (χ2n) is 11.4. The van der Waals surface area contributed by atoms with E-state index in [1.54, 1.807) is 18.2 Å². The molecule has 8 nitrogen and oxygen atoms in total. The molecule has 2 atom stereocenters. The summed E-state index contributed by atoms with van der Waals surface area (Å²) < 4.78 is 39.9. The van der Waals surface area contributed by atoms with Crippen LogP contribution in [0.2, 0.25) is 5.02 Å². The van der Waals surface area contributed by atoms with Crippen LogP contribution in [-0.4, -0.2) is 59.9 Å². The van der Waals surface area contributed by atoms with E-state index < -0.39 is 11.9 Å². The van der Waals surface area contributed by atoms with Gasteiger partial charge in [-0.15, -0.1) is 0 Å². The van der Waals surface area contributed by atoms with E-state index >= 15 is 0 Å². The molecule has 10 heteroatoms. The second kappa shape index (κ2) is 11.8. The summed E-state index contributed by atoms with van der Waals surface area (Å²) in [6.45, 7) is 4.25. The average Bonchev–Trinajstić information content (AvgIpc) is 3.34. The number of fused-ring (bicyclic) bond motifs is 2. The van der Waals surface area contributed by atoms with Gasteiger partial charge in [-0.2, -0.15) is 0 Å². The van der Waals surface area contributed by atoms with Crippen LogP contribution in [0.25, 0.3) is 11.0 Å². The van der Waals surface area contributed by atoms with Gasteiger partial charge in [0.2, 0.25) is 0 Å². The van der Waals surface area contributed by atoms with Crippen molar-refractivity contribution in [3.8, 4) is 11.5 Å². The summed E-state index contributed by atoms with van der Waals surface area (Å²) in [5, 5.41) is 0.351. The van der Waals surface area contributed by atoms with E-state index in [-0.39, 0.29) is 18.7 Å². The number of methoxy groups -OCH3 is 1. The third-order valence-electron chi connectivity index (χ3n) is 8.79. The van der Waals surface area contributed by atoms with Crippen LogP contribution in [0, 0.1) is 5.82 Å². The zero-order chi connectivity index (χ0) is 29.5. The minimum atomic E-state index is -0.532. The summed E-state index contributed by atoms with van der Waals surface area (Å²) in [7, 11) is 1.39. The highest BCUT2D eigenvalue weighted by molar-refractivity contribution is 6.30. The van der Waals surface area contributed by atoms with Crippen LogP contribution >= 0.6 is 11.6 Å². The molecular weight excluding hydrogens is 573 g/mol. The van der Waals surface area contributed by atoms with Crippen molar-refractivity contribution >= 4 is 28.6 Å². The Balaban J connectivity index is 1.05. The monoisotopic (exact) mass is 605 g/mol. The number of para-hydroxylation sites is 1. The van der Waals surface area contributed by atoms with Crippen LogP contribution in [0.4, 0.5) is 4.39 Å². The third-order valence-corrected chi connectivity index (χ3v) is 9.02. The van der Waals surface area contributed by atoms with E-state index in [1.807, 2.05) is 24.3 Å². The van der Waals surface area contributed by atoms with Crippen molar-refractivity contribution in [3.05, 3.63) is 88.0 Å². The highest BCUT2D eigenvalue weighted by Crippen LogP contribution is 2.44. The molecule has 0 bridgehead atoms. The molecule has 2 saturated heterocycles. The highest BCUT2D eigenvalue weighted by Gasteiger charge is 2.31. The summed E-state index contributed by atoms with van der Waals surface area (Å²) in [6.07, 6.45) is 2.58. The van der Waals surface area contributed by atoms with Crippen molar-refractivity contribution in [1.82, 2.24) is 14.5 Å². The number of carbonyl (C=O) groups excluding carboxylic acids is 1. The van der Waals surface area contributed by atoms with Crippen molar-refractivity contribution in [1.29, 1.82) is 0 Å². The summed E-state index contributed by atoms with van der Waals surface area (Å²) in [4.78, 5) is 19.6. The number of rotatable bonds is 7. The fraction of sp³-hybridized carbons (Fsp3) is 0.394. The standard InChI is InChI=1S/C33H33ClFN3O5/c1-40-33(39)21-5-8-27-28(15-21)38(17-23-11-14-41-23)31(36-27)18-37-12-9-20(10-13-37)24-3-2-4-29-32(24)42-19-30(43-29)25-7-6-22(34)16-26(25)35/h2-8,15-16,20,23,30H,9-14,17-19H2,1H3/t23-,30?/m0/s1. The fourth-order valence-corrected chi connectivity index (χ4v) is 6.50. The fourth-order valence-electron chi connectivity index (χ4n) is 6.34. The summed E-state index contributed by atoms with van der Waals surface area (Å²) in [5.41, 5.74) is 3.87. The van der Waals surface area contributed by atoms with E-state index in [2.05, 4.69) is 15.5 Å². The van der Waals surface area contributed by atoms with Crippen LogP contribution in [0.1, 0.15) is 58.6 Å². The molecule has 1 unspecified atom stereocenters. The summed E-state index contributed by atoms with van der Waals surface area (Å²) in [6, 6.07) is 16.1. The van der Waals surface area contributed by atoms with Gasteiger partial charge in [-0.1, -0.05) is 29.8 Å². The zero-order valence-corrected chi connectivity index (χ0v) is 24.7. The highest BCUT2D eigenvalue weighted by atomic mass is 35.5. The molecular formula is C33H33ClFN3O5. The molecule has 43 heavy (non-hydrogen) atoms. The van der Waals surface area contributed by atoms with E-state index in [0.29, 0.717) is 40.9 Å². The maximum atomic E-state index is 14.6. The van der Waals surface area contributed by atoms with Gasteiger partial charge in [0.05, 0.1) is 42.9 Å². The van der Waals surface area contributed by atoms with Gasteiger partial charge in [0.1, 0.15) is 18.2 Å². The largest absolute Gasteiger partial charge is 0.485 e. The lowest BCUT2D eigenvalue weighted by molar-refractivity contribution is -0.0592. The molecule has 4 aromatic rings. The molecule has 0 spiro atoms. The number of piperidine rings is 1. The molecule has 0 amide bonds. The van der Waals surface area contributed by atoms with Crippen molar-refractivity contribution in [2.45, 2.75) is 50.5 Å². The molecule has 0 radical (unpaired) electrons. The number of carbonyl (C=O) groups is 1. The van der Waals surface area contributed by atoms with E-state index in [1.165, 1.54) is 13.2 Å². The Morgan fingerprint density at radius 2 is 1.93 bits per heavy atom. The minimum absolute atomic E-state index is 0.158. The van der Waals surface area contributed by atoms with Crippen LogP contribution < -0.4 is 9.47 Å². The lowest BCUT2D eigenvalue weighted by Gasteiger charge is -2.35. The van der Waals surface area contributed by atoms with Crippen molar-refractivity contribution in [2.24, 2.45) is 0 Å². The van der Waals surface area contributed by atoms with Crippen molar-refractivity contribution in [2.75, 3.05) is 33.4 Å². The van der Waals surface area contributed by atoms with Crippen LogP contribution in [0.5, 0.6) is 11.5 Å². The first-order valence-corrected chi connectivity index (χ1v) is 15.1. The first kappa shape index (κ1) is 28.1. The van der Waals surface area contributed by atoms with Gasteiger partial charge in [-0.3, -0.25) is 4.90 Å². The van der Waals surface area contributed by atoms with Gasteiger partial charge in [0.15, 0.2) is 17.6 Å². The lowest BCUT2D eigenvalue weighted by Crippen LogP contribution is -2.35. The lowest BCUT2D eigenvalue weighted by atomic mass is 9.88. The van der Waals surface area contributed by atoms with Gasteiger partial charge < -0.3 is 23.5 Å². The molecule has 7 rings (SSSR count). The molecule has 2 fully saturated rings. The van der Waals surface area contributed by atoms with E-state index in [4.69, 9.17) is 35.5 Å². The first-order valence-electron chi connectivity index (χ1n) is 14.8.